The number of nitrogens with one attached hydrogen (secondary N) is 1. The third-order valence-corrected chi connectivity index (χ3v) is 5.38. The van der Waals surface area contributed by atoms with Crippen LogP contribution in [0.5, 0.6) is 0 Å². The molecular formula is C25H30FN3O. The molecule has 0 aliphatic heterocycles. The van der Waals surface area contributed by atoms with Crippen LogP contribution in [0.2, 0.25) is 0 Å². The summed E-state index contributed by atoms with van der Waals surface area (Å²) in [6.45, 7) is 10.9. The molecule has 1 heterocycles. The standard InChI is InChI=1S/C25H30FN3O/c1-6-17(2)19-9-13-21(14-10-19)27-24(30)22-15-23(25(3,4)5)28-29(22)16-18-7-11-20(26)12-8-18/h7-15,17H,6,16H2,1-5H3,(H,27,30)/t17-/m1/s1. The van der Waals surface area contributed by atoms with E-state index in [0.29, 0.717) is 18.2 Å². The number of hydrogen-bond donors (Lipinski definition) is 1. The zero-order chi connectivity index (χ0) is 21.9. The van der Waals surface area contributed by atoms with Crippen LogP contribution < -0.4 is 5.32 Å². The van der Waals surface area contributed by atoms with E-state index in [9.17, 15) is 9.18 Å². The van der Waals surface area contributed by atoms with Gasteiger partial charge < -0.3 is 5.32 Å². The van der Waals surface area contributed by atoms with Gasteiger partial charge in [0, 0.05) is 11.1 Å². The van der Waals surface area contributed by atoms with Crippen molar-refractivity contribution in [3.05, 3.63) is 82.9 Å². The summed E-state index contributed by atoms with van der Waals surface area (Å²) in [5, 5.41) is 7.66. The molecule has 4 nitrogen and oxygen atoms in total. The van der Waals surface area contributed by atoms with Crippen molar-refractivity contribution in [3.8, 4) is 0 Å². The van der Waals surface area contributed by atoms with Gasteiger partial charge in [-0.1, -0.05) is 58.9 Å². The van der Waals surface area contributed by atoms with Crippen molar-refractivity contribution in [3.63, 3.8) is 0 Å². The van der Waals surface area contributed by atoms with Crippen LogP contribution in [0.25, 0.3) is 0 Å². The number of halogens is 1. The topological polar surface area (TPSA) is 46.9 Å². The minimum absolute atomic E-state index is 0.193. The zero-order valence-electron chi connectivity index (χ0n) is 18.4. The summed E-state index contributed by atoms with van der Waals surface area (Å²) in [6, 6.07) is 16.1. The summed E-state index contributed by atoms with van der Waals surface area (Å²) in [4.78, 5) is 13.1. The Morgan fingerprint density at radius 3 is 2.30 bits per heavy atom. The molecule has 0 aliphatic rings. The molecular weight excluding hydrogens is 377 g/mol. The average molecular weight is 408 g/mol. The molecule has 0 aliphatic carbocycles. The minimum atomic E-state index is -0.284. The zero-order valence-corrected chi connectivity index (χ0v) is 18.4. The van der Waals surface area contributed by atoms with E-state index in [0.717, 1.165) is 23.4 Å². The predicted molar refractivity (Wildman–Crippen MR) is 120 cm³/mol. The second kappa shape index (κ2) is 8.82. The van der Waals surface area contributed by atoms with Crippen molar-refractivity contribution in [1.29, 1.82) is 0 Å². The largest absolute Gasteiger partial charge is 0.321 e. The normalized spacial score (nSPS) is 12.6. The van der Waals surface area contributed by atoms with Gasteiger partial charge in [0.1, 0.15) is 11.5 Å². The number of aromatic nitrogens is 2. The summed E-state index contributed by atoms with van der Waals surface area (Å²) in [7, 11) is 0. The van der Waals surface area contributed by atoms with Crippen molar-refractivity contribution >= 4 is 11.6 Å². The molecule has 30 heavy (non-hydrogen) atoms. The second-order valence-electron chi connectivity index (χ2n) is 8.83. The van der Waals surface area contributed by atoms with Crippen molar-refractivity contribution in [1.82, 2.24) is 9.78 Å². The molecule has 1 N–H and O–H groups in total. The van der Waals surface area contributed by atoms with Gasteiger partial charge in [-0.05, 0) is 53.8 Å². The molecule has 158 valence electrons. The maximum absolute atomic E-state index is 13.3. The van der Waals surface area contributed by atoms with E-state index in [1.165, 1.54) is 17.7 Å². The molecule has 3 rings (SSSR count). The lowest BCUT2D eigenvalue weighted by Crippen LogP contribution is -2.18. The first-order valence-corrected chi connectivity index (χ1v) is 10.4. The van der Waals surface area contributed by atoms with Gasteiger partial charge in [0.05, 0.1) is 12.2 Å². The first-order chi connectivity index (χ1) is 14.2. The lowest BCUT2D eigenvalue weighted by molar-refractivity contribution is 0.101. The van der Waals surface area contributed by atoms with Crippen LogP contribution in [-0.4, -0.2) is 15.7 Å². The number of rotatable bonds is 6. The van der Waals surface area contributed by atoms with Crippen LogP contribution >= 0.6 is 0 Å². The number of amides is 1. The number of carbonyl (C=O) groups is 1. The molecule has 1 amide bonds. The summed E-state index contributed by atoms with van der Waals surface area (Å²) >= 11 is 0. The van der Waals surface area contributed by atoms with E-state index in [1.54, 1.807) is 16.8 Å². The Balaban J connectivity index is 1.86. The van der Waals surface area contributed by atoms with Gasteiger partial charge in [-0.25, -0.2) is 4.39 Å². The minimum Gasteiger partial charge on any atom is -0.321 e. The highest BCUT2D eigenvalue weighted by molar-refractivity contribution is 6.03. The number of benzene rings is 2. The van der Waals surface area contributed by atoms with Crippen LogP contribution in [0, 0.1) is 5.82 Å². The monoisotopic (exact) mass is 407 g/mol. The Morgan fingerprint density at radius 1 is 1.10 bits per heavy atom. The fourth-order valence-corrected chi connectivity index (χ4v) is 3.18. The molecule has 0 radical (unpaired) electrons. The highest BCUT2D eigenvalue weighted by Gasteiger charge is 2.23. The molecule has 2 aromatic carbocycles. The van der Waals surface area contributed by atoms with Gasteiger partial charge in [-0.3, -0.25) is 9.48 Å². The van der Waals surface area contributed by atoms with E-state index >= 15 is 0 Å². The Morgan fingerprint density at radius 2 is 1.73 bits per heavy atom. The van der Waals surface area contributed by atoms with Crippen LogP contribution in [0.4, 0.5) is 10.1 Å². The van der Waals surface area contributed by atoms with Gasteiger partial charge in [0.15, 0.2) is 0 Å². The molecule has 0 spiro atoms. The first kappa shape index (κ1) is 21.8. The molecule has 1 aromatic heterocycles. The average Bonchev–Trinajstić information content (AvgIpc) is 3.14. The van der Waals surface area contributed by atoms with Crippen molar-refractivity contribution < 1.29 is 9.18 Å². The Kier molecular flexibility index (Phi) is 6.40. The van der Waals surface area contributed by atoms with Gasteiger partial charge >= 0.3 is 0 Å². The van der Waals surface area contributed by atoms with Gasteiger partial charge in [-0.2, -0.15) is 5.10 Å². The van der Waals surface area contributed by atoms with E-state index in [1.807, 2.05) is 18.2 Å². The van der Waals surface area contributed by atoms with Crippen LogP contribution in [0.15, 0.2) is 54.6 Å². The fourth-order valence-electron chi connectivity index (χ4n) is 3.18. The molecule has 3 aromatic rings. The Labute approximate surface area is 178 Å². The molecule has 0 bridgehead atoms. The molecule has 0 saturated heterocycles. The SMILES string of the molecule is CC[C@@H](C)c1ccc(NC(=O)c2cc(C(C)(C)C)nn2Cc2ccc(F)cc2)cc1. The number of hydrogen-bond acceptors (Lipinski definition) is 2. The summed E-state index contributed by atoms with van der Waals surface area (Å²) in [5.74, 6) is -0.00830. The van der Waals surface area contributed by atoms with Crippen molar-refractivity contribution in [2.45, 2.75) is 58.9 Å². The Hall–Kier alpha value is -2.95. The predicted octanol–water partition coefficient (Wildman–Crippen LogP) is 6.13. The summed E-state index contributed by atoms with van der Waals surface area (Å²) in [6.07, 6.45) is 1.07. The third-order valence-electron chi connectivity index (χ3n) is 5.38. The molecule has 1 atom stereocenters. The van der Waals surface area contributed by atoms with Gasteiger partial charge in [-0.15, -0.1) is 0 Å². The molecule has 5 heteroatoms. The number of carbonyl (C=O) groups excluding carboxylic acids is 1. The lowest BCUT2D eigenvalue weighted by Gasteiger charge is -2.14. The van der Waals surface area contributed by atoms with E-state index in [2.05, 4.69) is 57.2 Å². The van der Waals surface area contributed by atoms with E-state index < -0.39 is 0 Å². The first-order valence-electron chi connectivity index (χ1n) is 10.4. The van der Waals surface area contributed by atoms with Gasteiger partial charge in [0.2, 0.25) is 0 Å². The Bertz CT molecular complexity index is 998. The van der Waals surface area contributed by atoms with Crippen molar-refractivity contribution in [2.75, 3.05) is 5.32 Å². The van der Waals surface area contributed by atoms with Crippen LogP contribution in [0.3, 0.4) is 0 Å². The summed E-state index contributed by atoms with van der Waals surface area (Å²) < 4.78 is 14.9. The van der Waals surface area contributed by atoms with E-state index in [-0.39, 0.29) is 17.1 Å². The fraction of sp³-hybridized carbons (Fsp3) is 0.360. The molecule has 0 unspecified atom stereocenters. The van der Waals surface area contributed by atoms with Gasteiger partial charge in [0.25, 0.3) is 5.91 Å². The lowest BCUT2D eigenvalue weighted by atomic mass is 9.92. The molecule has 0 saturated carbocycles. The quantitative estimate of drug-likeness (QED) is 0.534. The highest BCUT2D eigenvalue weighted by Crippen LogP contribution is 2.24. The van der Waals surface area contributed by atoms with Crippen LogP contribution in [-0.2, 0) is 12.0 Å². The van der Waals surface area contributed by atoms with Crippen LogP contribution in [0.1, 0.15) is 74.3 Å². The third kappa shape index (κ3) is 5.15. The number of nitrogens with zero attached hydrogens (tertiary/aromatic N) is 2. The maximum Gasteiger partial charge on any atom is 0.273 e. The maximum atomic E-state index is 13.3. The smallest absolute Gasteiger partial charge is 0.273 e. The van der Waals surface area contributed by atoms with Crippen molar-refractivity contribution in [2.24, 2.45) is 0 Å². The summed E-state index contributed by atoms with van der Waals surface area (Å²) in [5.41, 5.74) is 4.01. The molecule has 0 fully saturated rings. The van der Waals surface area contributed by atoms with E-state index in [4.69, 9.17) is 0 Å². The second-order valence-corrected chi connectivity index (χ2v) is 8.83. The highest BCUT2D eigenvalue weighted by atomic mass is 19.1. The number of anilines is 1.